The number of hydrogen-bond donors (Lipinski definition) is 1. The minimum Gasteiger partial charge on any atom is -0.279 e. The third-order valence-corrected chi connectivity index (χ3v) is 6.62. The van der Waals surface area contributed by atoms with E-state index >= 15 is 0 Å². The van der Waals surface area contributed by atoms with Gasteiger partial charge in [-0.2, -0.15) is 0 Å². The van der Waals surface area contributed by atoms with Crippen LogP contribution < -0.4 is 4.72 Å². The number of aryl methyl sites for hydroxylation is 1. The Morgan fingerprint density at radius 1 is 1.20 bits per heavy atom. The van der Waals surface area contributed by atoms with E-state index < -0.39 is 10.0 Å². The lowest BCUT2D eigenvalue weighted by molar-refractivity contribution is 0.603. The van der Waals surface area contributed by atoms with Gasteiger partial charge in [0.25, 0.3) is 10.0 Å². The van der Waals surface area contributed by atoms with Gasteiger partial charge >= 0.3 is 0 Å². The van der Waals surface area contributed by atoms with Crippen LogP contribution in [0.2, 0.25) is 4.34 Å². The molecule has 2 heterocycles. The molecule has 0 unspecified atom stereocenters. The molecule has 1 N–H and O–H groups in total. The third kappa shape index (κ3) is 2.67. The quantitative estimate of drug-likeness (QED) is 0.777. The van der Waals surface area contributed by atoms with Crippen molar-refractivity contribution in [2.45, 2.75) is 11.1 Å². The van der Waals surface area contributed by atoms with E-state index in [2.05, 4.69) is 9.71 Å². The van der Waals surface area contributed by atoms with E-state index in [-0.39, 0.29) is 4.21 Å². The molecule has 4 nitrogen and oxygen atoms in total. The van der Waals surface area contributed by atoms with Gasteiger partial charge in [-0.3, -0.25) is 4.72 Å². The smallest absolute Gasteiger partial charge is 0.271 e. The Kier molecular flexibility index (Phi) is 3.45. The molecule has 0 aliphatic carbocycles. The van der Waals surface area contributed by atoms with Gasteiger partial charge in [-0.1, -0.05) is 11.6 Å². The summed E-state index contributed by atoms with van der Waals surface area (Å²) in [6.45, 7) is 1.92. The number of anilines is 1. The standard InChI is InChI=1S/C12H9ClN2O2S3/c1-7-14-9-6-8(2-3-10(9)18-7)15-20(16,17)12-5-4-11(13)19-12/h2-6,15H,1H3. The Bertz CT molecular complexity index is 883. The molecule has 20 heavy (non-hydrogen) atoms. The predicted molar refractivity (Wildman–Crippen MR) is 84.5 cm³/mol. The van der Waals surface area contributed by atoms with Crippen molar-refractivity contribution < 1.29 is 8.42 Å². The molecule has 0 amide bonds. The number of rotatable bonds is 3. The first-order valence-electron chi connectivity index (χ1n) is 5.59. The monoisotopic (exact) mass is 344 g/mol. The Labute approximate surface area is 129 Å². The molecule has 0 saturated heterocycles. The summed E-state index contributed by atoms with van der Waals surface area (Å²) in [4.78, 5) is 4.35. The van der Waals surface area contributed by atoms with Crippen LogP contribution in [0.25, 0.3) is 10.2 Å². The molecule has 1 aromatic carbocycles. The van der Waals surface area contributed by atoms with Crippen LogP contribution in [0.3, 0.4) is 0 Å². The Morgan fingerprint density at radius 3 is 2.70 bits per heavy atom. The number of aromatic nitrogens is 1. The van der Waals surface area contributed by atoms with Gasteiger partial charge in [0.1, 0.15) is 4.21 Å². The van der Waals surface area contributed by atoms with Crippen molar-refractivity contribution in [3.05, 3.63) is 39.7 Å². The van der Waals surface area contributed by atoms with E-state index in [1.54, 1.807) is 29.5 Å². The van der Waals surface area contributed by atoms with Crippen LogP contribution in [0.5, 0.6) is 0 Å². The highest BCUT2D eigenvalue weighted by molar-refractivity contribution is 7.94. The summed E-state index contributed by atoms with van der Waals surface area (Å²) < 4.78 is 28.6. The summed E-state index contributed by atoms with van der Waals surface area (Å²) >= 11 is 8.37. The number of benzene rings is 1. The van der Waals surface area contributed by atoms with E-state index in [1.807, 2.05) is 13.0 Å². The molecule has 104 valence electrons. The highest BCUT2D eigenvalue weighted by Gasteiger charge is 2.17. The molecule has 2 aromatic heterocycles. The van der Waals surface area contributed by atoms with Crippen molar-refractivity contribution in [2.75, 3.05) is 4.72 Å². The van der Waals surface area contributed by atoms with Crippen molar-refractivity contribution in [1.82, 2.24) is 4.98 Å². The molecule has 0 aliphatic rings. The maximum atomic E-state index is 12.2. The average molecular weight is 345 g/mol. The number of hydrogen-bond acceptors (Lipinski definition) is 5. The first-order valence-corrected chi connectivity index (χ1v) is 9.09. The fraction of sp³-hybridized carbons (Fsp3) is 0.0833. The number of nitrogens with zero attached hydrogens (tertiary/aromatic N) is 1. The zero-order valence-electron chi connectivity index (χ0n) is 10.3. The van der Waals surface area contributed by atoms with E-state index in [0.717, 1.165) is 26.6 Å². The lowest BCUT2D eigenvalue weighted by Gasteiger charge is -2.05. The normalized spacial score (nSPS) is 11.9. The van der Waals surface area contributed by atoms with Crippen molar-refractivity contribution >= 4 is 60.2 Å². The summed E-state index contributed by atoms with van der Waals surface area (Å²) in [5, 5.41) is 0.949. The van der Waals surface area contributed by atoms with Gasteiger partial charge in [0.15, 0.2) is 0 Å². The highest BCUT2D eigenvalue weighted by Crippen LogP contribution is 2.29. The van der Waals surface area contributed by atoms with Crippen LogP contribution in [0.15, 0.2) is 34.5 Å². The van der Waals surface area contributed by atoms with Crippen LogP contribution in [-0.4, -0.2) is 13.4 Å². The fourth-order valence-corrected chi connectivity index (χ4v) is 5.09. The topological polar surface area (TPSA) is 59.1 Å². The molecule has 8 heteroatoms. The second-order valence-corrected chi connectivity index (χ2v) is 8.94. The van der Waals surface area contributed by atoms with Gasteiger partial charge in [0.2, 0.25) is 0 Å². The van der Waals surface area contributed by atoms with Gasteiger partial charge in [0.05, 0.1) is 25.2 Å². The molecule has 0 saturated carbocycles. The molecule has 3 aromatic rings. The van der Waals surface area contributed by atoms with Crippen LogP contribution in [0.4, 0.5) is 5.69 Å². The lowest BCUT2D eigenvalue weighted by Crippen LogP contribution is -2.11. The molecule has 0 fully saturated rings. The van der Waals surface area contributed by atoms with Crippen LogP contribution in [-0.2, 0) is 10.0 Å². The molecule has 0 atom stereocenters. The average Bonchev–Trinajstić information content (AvgIpc) is 2.93. The first kappa shape index (κ1) is 13.8. The van der Waals surface area contributed by atoms with Crippen molar-refractivity contribution in [3.63, 3.8) is 0 Å². The maximum Gasteiger partial charge on any atom is 0.271 e. The van der Waals surface area contributed by atoms with Gasteiger partial charge in [-0.15, -0.1) is 22.7 Å². The minimum absolute atomic E-state index is 0.192. The highest BCUT2D eigenvalue weighted by atomic mass is 35.5. The van der Waals surface area contributed by atoms with Crippen LogP contribution in [0, 0.1) is 6.92 Å². The van der Waals surface area contributed by atoms with E-state index in [1.165, 1.54) is 6.07 Å². The summed E-state index contributed by atoms with van der Waals surface area (Å²) in [5.41, 5.74) is 1.28. The van der Waals surface area contributed by atoms with Crippen molar-refractivity contribution in [2.24, 2.45) is 0 Å². The van der Waals surface area contributed by atoms with Crippen LogP contribution in [0.1, 0.15) is 5.01 Å². The Balaban J connectivity index is 1.96. The SMILES string of the molecule is Cc1nc2cc(NS(=O)(=O)c3ccc(Cl)s3)ccc2s1. The van der Waals surface area contributed by atoms with Crippen LogP contribution >= 0.6 is 34.3 Å². The predicted octanol–water partition coefficient (Wildman–Crippen LogP) is 4.12. The second-order valence-electron chi connectivity index (χ2n) is 4.08. The molecule has 3 rings (SSSR count). The Hall–Kier alpha value is -1.15. The minimum atomic E-state index is -3.59. The maximum absolute atomic E-state index is 12.2. The fourth-order valence-electron chi connectivity index (χ4n) is 1.75. The van der Waals surface area contributed by atoms with Crippen molar-refractivity contribution in [1.29, 1.82) is 0 Å². The number of nitrogens with one attached hydrogen (secondary N) is 1. The van der Waals surface area contributed by atoms with Gasteiger partial charge in [-0.05, 0) is 37.3 Å². The second kappa shape index (κ2) is 5.00. The first-order chi connectivity index (χ1) is 9.44. The molecule has 0 bridgehead atoms. The lowest BCUT2D eigenvalue weighted by atomic mass is 10.3. The van der Waals surface area contributed by atoms with E-state index in [4.69, 9.17) is 11.6 Å². The molecule has 0 spiro atoms. The number of thiazole rings is 1. The summed E-state index contributed by atoms with van der Waals surface area (Å²) in [7, 11) is -3.59. The molecular weight excluding hydrogens is 336 g/mol. The van der Waals surface area contributed by atoms with Gasteiger partial charge < -0.3 is 0 Å². The van der Waals surface area contributed by atoms with Gasteiger partial charge in [-0.25, -0.2) is 13.4 Å². The molecule has 0 radical (unpaired) electrons. The summed E-state index contributed by atoms with van der Waals surface area (Å²) in [6, 6.07) is 8.37. The summed E-state index contributed by atoms with van der Waals surface area (Å²) in [6.07, 6.45) is 0. The zero-order valence-corrected chi connectivity index (χ0v) is 13.5. The number of fused-ring (bicyclic) bond motifs is 1. The Morgan fingerprint density at radius 2 is 2.00 bits per heavy atom. The van der Waals surface area contributed by atoms with E-state index in [9.17, 15) is 8.42 Å². The van der Waals surface area contributed by atoms with E-state index in [0.29, 0.717) is 10.0 Å². The molecular formula is C12H9ClN2O2S3. The largest absolute Gasteiger partial charge is 0.279 e. The summed E-state index contributed by atoms with van der Waals surface area (Å²) in [5.74, 6) is 0. The molecule has 0 aliphatic heterocycles. The van der Waals surface area contributed by atoms with Gasteiger partial charge in [0, 0.05) is 0 Å². The zero-order chi connectivity index (χ0) is 14.3. The number of sulfonamides is 1. The number of halogens is 1. The van der Waals surface area contributed by atoms with Crippen molar-refractivity contribution in [3.8, 4) is 0 Å². The number of thiophene rings is 1. The third-order valence-electron chi connectivity index (χ3n) is 2.56.